The normalized spacial score (nSPS) is 16.1. The zero-order valence-electron chi connectivity index (χ0n) is 11.4. The van der Waals surface area contributed by atoms with Gasteiger partial charge in [0.05, 0.1) is 29.6 Å². The lowest BCUT2D eigenvalue weighted by atomic mass is 10.4. The highest BCUT2D eigenvalue weighted by molar-refractivity contribution is 7.90. The van der Waals surface area contributed by atoms with Gasteiger partial charge in [-0.05, 0) is 12.1 Å². The lowest BCUT2D eigenvalue weighted by molar-refractivity contribution is 0.122. The molecule has 1 aromatic heterocycles. The van der Waals surface area contributed by atoms with Gasteiger partial charge in [0, 0.05) is 18.5 Å². The molecule has 1 aliphatic heterocycles. The summed E-state index contributed by atoms with van der Waals surface area (Å²) in [5, 5.41) is 2.70. The molecule has 0 saturated carbocycles. The Balaban J connectivity index is 1.75. The van der Waals surface area contributed by atoms with Gasteiger partial charge in [-0.2, -0.15) is 0 Å². The molecule has 1 aromatic carbocycles. The van der Waals surface area contributed by atoms with Crippen molar-refractivity contribution in [2.75, 3.05) is 31.2 Å². The van der Waals surface area contributed by atoms with Gasteiger partial charge in [0.15, 0.2) is 15.0 Å². The lowest BCUT2D eigenvalue weighted by Crippen LogP contribution is -2.36. The first-order valence-corrected chi connectivity index (χ1v) is 9.23. The van der Waals surface area contributed by atoms with Crippen molar-refractivity contribution in [2.45, 2.75) is 10.6 Å². The van der Waals surface area contributed by atoms with E-state index in [4.69, 9.17) is 4.74 Å². The third-order valence-electron chi connectivity index (χ3n) is 3.26. The van der Waals surface area contributed by atoms with Gasteiger partial charge in [-0.1, -0.05) is 18.2 Å². The topological polar surface area (TPSA) is 59.5 Å². The number of hydrogen-bond acceptors (Lipinski definition) is 6. The minimum absolute atomic E-state index is 0.0577. The van der Waals surface area contributed by atoms with E-state index in [1.807, 2.05) is 5.38 Å². The Kier molecular flexibility index (Phi) is 4.23. The van der Waals surface area contributed by atoms with Crippen LogP contribution in [0.25, 0.3) is 0 Å². The first-order valence-electron chi connectivity index (χ1n) is 6.70. The third-order valence-corrected chi connectivity index (χ3v) is 5.88. The largest absolute Gasteiger partial charge is 0.378 e. The number of nitrogens with zero attached hydrogens (tertiary/aromatic N) is 2. The summed E-state index contributed by atoms with van der Waals surface area (Å²) in [6.45, 7) is 2.99. The molecule has 0 aliphatic carbocycles. The van der Waals surface area contributed by atoms with Crippen molar-refractivity contribution in [3.05, 3.63) is 41.4 Å². The molecule has 5 nitrogen and oxygen atoms in total. The van der Waals surface area contributed by atoms with Crippen molar-refractivity contribution in [3.63, 3.8) is 0 Å². The molecule has 7 heteroatoms. The molecule has 0 atom stereocenters. The van der Waals surface area contributed by atoms with Crippen LogP contribution in [0.5, 0.6) is 0 Å². The van der Waals surface area contributed by atoms with Crippen LogP contribution >= 0.6 is 11.3 Å². The summed E-state index contributed by atoms with van der Waals surface area (Å²) in [4.78, 5) is 6.92. The molecule has 21 heavy (non-hydrogen) atoms. The summed E-state index contributed by atoms with van der Waals surface area (Å²) in [6.07, 6.45) is 0. The van der Waals surface area contributed by atoms with Crippen LogP contribution in [0.4, 0.5) is 5.13 Å². The SMILES string of the molecule is O=S(=O)(Cc1csc(N2CCOCC2)n1)c1ccccc1. The van der Waals surface area contributed by atoms with Crippen LogP contribution in [0.3, 0.4) is 0 Å². The monoisotopic (exact) mass is 324 g/mol. The molecule has 0 radical (unpaired) electrons. The van der Waals surface area contributed by atoms with Gasteiger partial charge in [0.1, 0.15) is 0 Å². The Bertz CT molecular complexity index is 692. The molecular formula is C14H16N2O3S2. The zero-order valence-corrected chi connectivity index (χ0v) is 13.1. The fourth-order valence-electron chi connectivity index (χ4n) is 2.17. The molecule has 0 spiro atoms. The molecule has 0 amide bonds. The van der Waals surface area contributed by atoms with Crippen LogP contribution < -0.4 is 4.90 Å². The number of rotatable bonds is 4. The molecule has 0 bridgehead atoms. The summed E-state index contributed by atoms with van der Waals surface area (Å²) in [7, 11) is -3.33. The number of hydrogen-bond donors (Lipinski definition) is 0. The summed E-state index contributed by atoms with van der Waals surface area (Å²) in [5.74, 6) is -0.0577. The van der Waals surface area contributed by atoms with E-state index in [2.05, 4.69) is 9.88 Å². The second kappa shape index (κ2) is 6.13. The van der Waals surface area contributed by atoms with Crippen LogP contribution in [0.15, 0.2) is 40.6 Å². The van der Waals surface area contributed by atoms with E-state index < -0.39 is 9.84 Å². The number of aromatic nitrogens is 1. The molecule has 1 fully saturated rings. The quantitative estimate of drug-likeness (QED) is 0.860. The molecule has 2 heterocycles. The maximum Gasteiger partial charge on any atom is 0.185 e. The number of ether oxygens (including phenoxy) is 1. The predicted octanol–water partition coefficient (Wildman–Crippen LogP) is 1.95. The number of morpholine rings is 1. The highest BCUT2D eigenvalue weighted by Crippen LogP contribution is 2.24. The predicted molar refractivity (Wildman–Crippen MR) is 82.5 cm³/mol. The molecule has 1 aliphatic rings. The van der Waals surface area contributed by atoms with Crippen LogP contribution in [0.1, 0.15) is 5.69 Å². The number of thiazole rings is 1. The average molecular weight is 324 g/mol. The molecule has 2 aromatic rings. The molecule has 3 rings (SSSR count). The molecule has 112 valence electrons. The Hall–Kier alpha value is -1.44. The maximum atomic E-state index is 12.3. The summed E-state index contributed by atoms with van der Waals surface area (Å²) < 4.78 is 29.9. The van der Waals surface area contributed by atoms with Gasteiger partial charge in [0.25, 0.3) is 0 Å². The van der Waals surface area contributed by atoms with Crippen LogP contribution in [0.2, 0.25) is 0 Å². The van der Waals surface area contributed by atoms with Crippen molar-refractivity contribution >= 4 is 26.3 Å². The first kappa shape index (κ1) is 14.5. The molecule has 1 saturated heterocycles. The van der Waals surface area contributed by atoms with Crippen molar-refractivity contribution in [2.24, 2.45) is 0 Å². The number of sulfone groups is 1. The van der Waals surface area contributed by atoms with Gasteiger partial charge in [-0.15, -0.1) is 11.3 Å². The Morgan fingerprint density at radius 1 is 1.19 bits per heavy atom. The highest BCUT2D eigenvalue weighted by Gasteiger charge is 2.19. The van der Waals surface area contributed by atoms with Gasteiger partial charge in [0.2, 0.25) is 0 Å². The Morgan fingerprint density at radius 3 is 2.62 bits per heavy atom. The van der Waals surface area contributed by atoms with Crippen molar-refractivity contribution < 1.29 is 13.2 Å². The fraction of sp³-hybridized carbons (Fsp3) is 0.357. The summed E-state index contributed by atoms with van der Waals surface area (Å²) in [6, 6.07) is 8.49. The van der Waals surface area contributed by atoms with E-state index in [9.17, 15) is 8.42 Å². The molecule has 0 N–H and O–H groups in total. The maximum absolute atomic E-state index is 12.3. The van der Waals surface area contributed by atoms with Crippen molar-refractivity contribution in [1.29, 1.82) is 0 Å². The third kappa shape index (κ3) is 3.42. The second-order valence-corrected chi connectivity index (χ2v) is 7.62. The number of anilines is 1. The zero-order chi connectivity index (χ0) is 14.7. The van der Waals surface area contributed by atoms with Crippen molar-refractivity contribution in [1.82, 2.24) is 4.98 Å². The number of benzene rings is 1. The Labute approximate surface area is 128 Å². The van der Waals surface area contributed by atoms with E-state index in [0.717, 1.165) is 18.2 Å². The first-order chi connectivity index (χ1) is 10.1. The fourth-order valence-corrected chi connectivity index (χ4v) is 4.43. The van der Waals surface area contributed by atoms with Gasteiger partial charge in [-0.25, -0.2) is 13.4 Å². The van der Waals surface area contributed by atoms with Crippen LogP contribution in [-0.2, 0) is 20.3 Å². The van der Waals surface area contributed by atoms with Crippen LogP contribution in [0, 0.1) is 0 Å². The van der Waals surface area contributed by atoms with Gasteiger partial charge >= 0.3 is 0 Å². The van der Waals surface area contributed by atoms with Gasteiger partial charge < -0.3 is 9.64 Å². The minimum atomic E-state index is -3.33. The molecular weight excluding hydrogens is 308 g/mol. The minimum Gasteiger partial charge on any atom is -0.378 e. The highest BCUT2D eigenvalue weighted by atomic mass is 32.2. The van der Waals surface area contributed by atoms with E-state index >= 15 is 0 Å². The van der Waals surface area contributed by atoms with E-state index in [0.29, 0.717) is 23.8 Å². The standard InChI is InChI=1S/C14H16N2O3S2/c17-21(18,13-4-2-1-3-5-13)11-12-10-20-14(15-12)16-6-8-19-9-7-16/h1-5,10H,6-9,11H2. The summed E-state index contributed by atoms with van der Waals surface area (Å²) >= 11 is 1.49. The lowest BCUT2D eigenvalue weighted by Gasteiger charge is -2.26. The van der Waals surface area contributed by atoms with E-state index in [-0.39, 0.29) is 5.75 Å². The van der Waals surface area contributed by atoms with Gasteiger partial charge in [-0.3, -0.25) is 0 Å². The molecule has 0 unspecified atom stereocenters. The Morgan fingerprint density at radius 2 is 1.90 bits per heavy atom. The van der Waals surface area contributed by atoms with E-state index in [1.54, 1.807) is 30.3 Å². The smallest absolute Gasteiger partial charge is 0.185 e. The summed E-state index contributed by atoms with van der Waals surface area (Å²) in [5.41, 5.74) is 0.602. The average Bonchev–Trinajstić information content (AvgIpc) is 2.97. The van der Waals surface area contributed by atoms with Crippen LogP contribution in [-0.4, -0.2) is 39.7 Å². The van der Waals surface area contributed by atoms with Crippen molar-refractivity contribution in [3.8, 4) is 0 Å². The van der Waals surface area contributed by atoms with E-state index in [1.165, 1.54) is 11.3 Å². The second-order valence-electron chi connectivity index (χ2n) is 4.79.